The van der Waals surface area contributed by atoms with Crippen molar-refractivity contribution in [2.24, 2.45) is 0 Å². The van der Waals surface area contributed by atoms with E-state index in [2.05, 4.69) is 15.1 Å². The van der Waals surface area contributed by atoms with Crippen molar-refractivity contribution in [2.45, 2.75) is 5.75 Å². The number of hydrogen-bond donors (Lipinski definition) is 1. The molecule has 32 heavy (non-hydrogen) atoms. The topological polar surface area (TPSA) is 82.2 Å². The molecular weight excluding hydrogens is 428 g/mol. The van der Waals surface area contributed by atoms with Gasteiger partial charge < -0.3 is 19.9 Å². The second-order valence-corrected chi connectivity index (χ2v) is 10.2. The molecule has 4 rings (SSSR count). The lowest BCUT2D eigenvalue weighted by Crippen LogP contribution is -2.47. The first kappa shape index (κ1) is 22.7. The number of likely N-dealkylation sites (N-methyl/N-ethyl adjacent to an activating group) is 1. The zero-order valence-corrected chi connectivity index (χ0v) is 19.2. The molecule has 8 nitrogen and oxygen atoms in total. The molecule has 2 aliphatic rings. The molecule has 0 atom stereocenters. The number of anilines is 2. The number of morpholine rings is 1. The Hall–Kier alpha value is -2.46. The number of nitrogens with one attached hydrogen (secondary N) is 1. The lowest BCUT2D eigenvalue weighted by Gasteiger charge is -2.31. The van der Waals surface area contributed by atoms with Gasteiger partial charge in [-0.05, 0) is 49.0 Å². The highest BCUT2D eigenvalue weighted by atomic mass is 32.2. The maximum absolute atomic E-state index is 12.7. The van der Waals surface area contributed by atoms with Gasteiger partial charge in [0.05, 0.1) is 19.0 Å². The number of amides is 1. The van der Waals surface area contributed by atoms with Crippen molar-refractivity contribution in [1.82, 2.24) is 9.21 Å². The first-order valence-corrected chi connectivity index (χ1v) is 12.5. The summed E-state index contributed by atoms with van der Waals surface area (Å²) in [5.74, 6) is -0.278. The predicted molar refractivity (Wildman–Crippen MR) is 126 cm³/mol. The van der Waals surface area contributed by atoms with Crippen molar-refractivity contribution in [3.8, 4) is 0 Å². The van der Waals surface area contributed by atoms with Crippen molar-refractivity contribution in [3.63, 3.8) is 0 Å². The van der Waals surface area contributed by atoms with Gasteiger partial charge in [-0.2, -0.15) is 4.31 Å². The molecule has 1 N–H and O–H groups in total. The zero-order chi connectivity index (χ0) is 22.6. The number of nitrogens with zero attached hydrogens (tertiary/aromatic N) is 3. The van der Waals surface area contributed by atoms with Crippen molar-refractivity contribution < 1.29 is 17.9 Å². The van der Waals surface area contributed by atoms with Gasteiger partial charge in [0.25, 0.3) is 5.91 Å². The second-order valence-electron chi connectivity index (χ2n) is 8.26. The maximum Gasteiger partial charge on any atom is 0.255 e. The summed E-state index contributed by atoms with van der Waals surface area (Å²) < 4.78 is 32.3. The summed E-state index contributed by atoms with van der Waals surface area (Å²) in [6.45, 7) is 5.70. The Morgan fingerprint density at radius 2 is 1.53 bits per heavy atom. The number of carbonyl (C=O) groups excluding carboxylic acids is 1. The van der Waals surface area contributed by atoms with Crippen LogP contribution in [0.4, 0.5) is 11.4 Å². The summed E-state index contributed by atoms with van der Waals surface area (Å²) in [5, 5.41) is 2.90. The van der Waals surface area contributed by atoms with E-state index in [0.29, 0.717) is 29.9 Å². The molecular formula is C23H30N4O4S. The van der Waals surface area contributed by atoms with Crippen LogP contribution in [-0.4, -0.2) is 83.1 Å². The van der Waals surface area contributed by atoms with Crippen molar-refractivity contribution in [3.05, 3.63) is 59.7 Å². The molecule has 0 radical (unpaired) electrons. The van der Waals surface area contributed by atoms with Gasteiger partial charge in [-0.1, -0.05) is 12.1 Å². The third kappa shape index (κ3) is 5.66. The third-order valence-electron chi connectivity index (χ3n) is 5.92. The average Bonchev–Trinajstić information content (AvgIpc) is 2.80. The van der Waals surface area contributed by atoms with E-state index >= 15 is 0 Å². The minimum atomic E-state index is -3.36. The average molecular weight is 459 g/mol. The van der Waals surface area contributed by atoms with Gasteiger partial charge in [-0.25, -0.2) is 8.42 Å². The number of piperazine rings is 1. The van der Waals surface area contributed by atoms with E-state index in [-0.39, 0.29) is 11.7 Å². The van der Waals surface area contributed by atoms with Crippen molar-refractivity contribution >= 4 is 27.3 Å². The Bertz CT molecular complexity index is 1010. The number of hydrogen-bond acceptors (Lipinski definition) is 6. The van der Waals surface area contributed by atoms with Gasteiger partial charge in [0, 0.05) is 56.2 Å². The van der Waals surface area contributed by atoms with Gasteiger partial charge in [-0.3, -0.25) is 4.79 Å². The largest absolute Gasteiger partial charge is 0.378 e. The zero-order valence-electron chi connectivity index (χ0n) is 18.4. The van der Waals surface area contributed by atoms with Crippen LogP contribution in [0.15, 0.2) is 48.5 Å². The number of ether oxygens (including phenoxy) is 1. The molecule has 2 heterocycles. The van der Waals surface area contributed by atoms with E-state index in [1.807, 2.05) is 31.3 Å². The third-order valence-corrected chi connectivity index (χ3v) is 7.77. The van der Waals surface area contributed by atoms with E-state index in [1.54, 1.807) is 28.6 Å². The number of rotatable bonds is 6. The lowest BCUT2D eigenvalue weighted by molar-refractivity contribution is 0.102. The summed E-state index contributed by atoms with van der Waals surface area (Å²) in [7, 11) is -1.37. The van der Waals surface area contributed by atoms with Crippen LogP contribution in [-0.2, 0) is 20.5 Å². The molecule has 2 aromatic rings. The van der Waals surface area contributed by atoms with Crippen LogP contribution in [0.3, 0.4) is 0 Å². The molecule has 2 fully saturated rings. The van der Waals surface area contributed by atoms with E-state index < -0.39 is 10.0 Å². The van der Waals surface area contributed by atoms with E-state index in [9.17, 15) is 13.2 Å². The fourth-order valence-corrected chi connectivity index (χ4v) is 5.42. The summed E-state index contributed by atoms with van der Waals surface area (Å²) >= 11 is 0. The Morgan fingerprint density at radius 1 is 0.906 bits per heavy atom. The second kappa shape index (κ2) is 9.99. The Labute approximate surface area is 189 Å². The SMILES string of the molecule is CN1CCN(S(=O)(=O)Cc2ccc(C(=O)Nc3ccc(N4CCOCC4)cc3)cc2)CC1. The molecule has 0 spiro atoms. The number of benzene rings is 2. The van der Waals surface area contributed by atoms with Gasteiger partial charge in [0.15, 0.2) is 0 Å². The van der Waals surface area contributed by atoms with Crippen LogP contribution < -0.4 is 10.2 Å². The number of carbonyl (C=O) groups is 1. The highest BCUT2D eigenvalue weighted by Crippen LogP contribution is 2.20. The molecule has 2 aromatic carbocycles. The Kier molecular flexibility index (Phi) is 7.10. The highest BCUT2D eigenvalue weighted by Gasteiger charge is 2.25. The van der Waals surface area contributed by atoms with Crippen LogP contribution in [0.2, 0.25) is 0 Å². The molecule has 1 amide bonds. The van der Waals surface area contributed by atoms with Gasteiger partial charge in [0.1, 0.15) is 0 Å². The normalized spacial score (nSPS) is 18.5. The van der Waals surface area contributed by atoms with E-state index in [4.69, 9.17) is 4.74 Å². The molecule has 0 aliphatic carbocycles. The van der Waals surface area contributed by atoms with Gasteiger partial charge in [-0.15, -0.1) is 0 Å². The molecule has 0 unspecified atom stereocenters. The Balaban J connectivity index is 1.34. The Morgan fingerprint density at radius 3 is 2.16 bits per heavy atom. The molecule has 0 saturated carbocycles. The van der Waals surface area contributed by atoms with Gasteiger partial charge >= 0.3 is 0 Å². The summed E-state index contributed by atoms with van der Waals surface area (Å²) in [6.07, 6.45) is 0. The number of sulfonamides is 1. The fraction of sp³-hybridized carbons (Fsp3) is 0.435. The predicted octanol–water partition coefficient (Wildman–Crippen LogP) is 1.85. The summed E-state index contributed by atoms with van der Waals surface area (Å²) in [5.41, 5.74) is 2.99. The molecule has 0 bridgehead atoms. The van der Waals surface area contributed by atoms with Crippen LogP contribution in [0.5, 0.6) is 0 Å². The quantitative estimate of drug-likeness (QED) is 0.712. The van der Waals surface area contributed by atoms with Crippen molar-refractivity contribution in [2.75, 3.05) is 69.7 Å². The fourth-order valence-electron chi connectivity index (χ4n) is 3.90. The molecule has 172 valence electrons. The van der Waals surface area contributed by atoms with Crippen LogP contribution in [0.1, 0.15) is 15.9 Å². The standard InChI is InChI=1S/C23H30N4O4S/c1-25-10-12-27(13-11-25)32(29,30)18-19-2-4-20(5-3-19)23(28)24-21-6-8-22(9-7-21)26-14-16-31-17-15-26/h2-9H,10-18H2,1H3,(H,24,28). The molecule has 0 aromatic heterocycles. The van der Waals surface area contributed by atoms with Gasteiger partial charge in [0.2, 0.25) is 10.0 Å². The first-order valence-electron chi connectivity index (χ1n) is 10.9. The lowest BCUT2D eigenvalue weighted by atomic mass is 10.1. The van der Waals surface area contributed by atoms with Crippen LogP contribution in [0, 0.1) is 0 Å². The summed E-state index contributed by atoms with van der Waals surface area (Å²) in [6, 6.07) is 14.5. The van der Waals surface area contributed by atoms with E-state index in [1.165, 1.54) is 0 Å². The van der Waals surface area contributed by atoms with Crippen LogP contribution >= 0.6 is 0 Å². The first-order chi connectivity index (χ1) is 15.4. The smallest absolute Gasteiger partial charge is 0.255 e. The van der Waals surface area contributed by atoms with E-state index in [0.717, 1.165) is 45.1 Å². The van der Waals surface area contributed by atoms with Crippen molar-refractivity contribution in [1.29, 1.82) is 0 Å². The minimum absolute atomic E-state index is 0.0540. The maximum atomic E-state index is 12.7. The highest BCUT2D eigenvalue weighted by molar-refractivity contribution is 7.88. The molecule has 9 heteroatoms. The van der Waals surface area contributed by atoms with Crippen LogP contribution in [0.25, 0.3) is 0 Å². The minimum Gasteiger partial charge on any atom is -0.378 e. The molecule has 2 aliphatic heterocycles. The summed E-state index contributed by atoms with van der Waals surface area (Å²) in [4.78, 5) is 17.0. The monoisotopic (exact) mass is 458 g/mol. The molecule has 2 saturated heterocycles.